The van der Waals surface area contributed by atoms with Crippen LogP contribution in [0.4, 0.5) is 4.39 Å². The van der Waals surface area contributed by atoms with Crippen molar-refractivity contribution in [1.82, 2.24) is 0 Å². The maximum atomic E-state index is 15.3. The Hall–Kier alpha value is -1.71. The van der Waals surface area contributed by atoms with Crippen LogP contribution in [0.1, 0.15) is 88.7 Å². The van der Waals surface area contributed by atoms with Crippen LogP contribution in [0.15, 0.2) is 42.5 Å². The quantitative estimate of drug-likeness (QED) is 0.328. The maximum absolute atomic E-state index is 15.3. The molecule has 1 saturated heterocycles. The van der Waals surface area contributed by atoms with Crippen molar-refractivity contribution in [2.24, 2.45) is 11.8 Å². The maximum Gasteiger partial charge on any atom is 0.132 e. The third-order valence-corrected chi connectivity index (χ3v) is 9.41. The summed E-state index contributed by atoms with van der Waals surface area (Å²) < 4.78 is 22.9. The van der Waals surface area contributed by atoms with Gasteiger partial charge < -0.3 is 4.74 Å². The Balaban J connectivity index is 1.22. The van der Waals surface area contributed by atoms with Crippen molar-refractivity contribution in [1.29, 1.82) is 0 Å². The molecule has 2 fully saturated rings. The number of thiophene rings is 1. The summed E-state index contributed by atoms with van der Waals surface area (Å²) in [4.78, 5) is 1.02. The fourth-order valence-electron chi connectivity index (χ4n) is 6.30. The van der Waals surface area contributed by atoms with E-state index >= 15 is 4.39 Å². The van der Waals surface area contributed by atoms with Crippen LogP contribution < -0.4 is 0 Å². The average Bonchev–Trinajstić information content (AvgIpc) is 3.28. The predicted octanol–water partition coefficient (Wildman–Crippen LogP) is 9.53. The number of benzene rings is 2. The minimum atomic E-state index is -0.103. The second-order valence-electron chi connectivity index (χ2n) is 10.7. The first-order valence-corrected chi connectivity index (χ1v) is 14.4. The van der Waals surface area contributed by atoms with Crippen LogP contribution in [0.3, 0.4) is 0 Å². The molecule has 2 heterocycles. The number of fused-ring (bicyclic) bond motifs is 1. The lowest BCUT2D eigenvalue weighted by molar-refractivity contribution is -0.0436. The van der Waals surface area contributed by atoms with Crippen LogP contribution in [0.2, 0.25) is 0 Å². The van der Waals surface area contributed by atoms with Gasteiger partial charge in [0.25, 0.3) is 0 Å². The second kappa shape index (κ2) is 10.9. The Kier molecular flexibility index (Phi) is 7.70. The summed E-state index contributed by atoms with van der Waals surface area (Å²) in [5.41, 5.74) is 3.18. The SMILES string of the molecule is CCCc1ccc2cc(-c3ccc(C4CCC(C5CCC(CCC)CC5)OC4)cc3F)sc2c1. The van der Waals surface area contributed by atoms with Crippen LogP contribution in [-0.2, 0) is 11.2 Å². The largest absolute Gasteiger partial charge is 0.377 e. The highest BCUT2D eigenvalue weighted by atomic mass is 32.1. The summed E-state index contributed by atoms with van der Waals surface area (Å²) in [5, 5.41) is 1.21. The van der Waals surface area contributed by atoms with Gasteiger partial charge in [0.1, 0.15) is 5.82 Å². The average molecular weight is 479 g/mol. The first-order valence-electron chi connectivity index (χ1n) is 13.6. The summed E-state index contributed by atoms with van der Waals surface area (Å²) in [5.74, 6) is 1.89. The molecule has 0 spiro atoms. The van der Waals surface area contributed by atoms with Gasteiger partial charge in [-0.15, -0.1) is 11.3 Å². The highest BCUT2D eigenvalue weighted by molar-refractivity contribution is 7.22. The Morgan fingerprint density at radius 1 is 0.912 bits per heavy atom. The van der Waals surface area contributed by atoms with Gasteiger partial charge >= 0.3 is 0 Å². The van der Waals surface area contributed by atoms with E-state index in [1.807, 2.05) is 6.07 Å². The number of hydrogen-bond acceptors (Lipinski definition) is 2. The zero-order valence-corrected chi connectivity index (χ0v) is 21.6. The summed E-state index contributed by atoms with van der Waals surface area (Å²) in [6, 6.07) is 14.7. The number of halogens is 1. The first kappa shape index (κ1) is 24.0. The molecule has 2 unspecified atom stereocenters. The summed E-state index contributed by atoms with van der Waals surface area (Å²) in [6.45, 7) is 5.25. The molecule has 3 aromatic rings. The van der Waals surface area contributed by atoms with Crippen LogP contribution in [0.5, 0.6) is 0 Å². The summed E-state index contributed by atoms with van der Waals surface area (Å²) in [6.07, 6.45) is 13.0. The first-order chi connectivity index (χ1) is 16.6. The number of rotatable bonds is 7. The highest BCUT2D eigenvalue weighted by Gasteiger charge is 2.32. The zero-order chi connectivity index (χ0) is 23.5. The Morgan fingerprint density at radius 3 is 2.47 bits per heavy atom. The fraction of sp³-hybridized carbons (Fsp3) is 0.548. The van der Waals surface area contributed by atoms with Gasteiger partial charge in [-0.1, -0.05) is 70.2 Å². The van der Waals surface area contributed by atoms with Crippen molar-refractivity contribution < 1.29 is 9.13 Å². The fourth-order valence-corrected chi connectivity index (χ4v) is 7.45. The van der Waals surface area contributed by atoms with Gasteiger partial charge in [-0.2, -0.15) is 0 Å². The van der Waals surface area contributed by atoms with Crippen molar-refractivity contribution >= 4 is 21.4 Å². The zero-order valence-electron chi connectivity index (χ0n) is 20.8. The molecule has 0 radical (unpaired) electrons. The Bertz CT molecular complexity index is 1090. The normalized spacial score (nSPS) is 25.6. The van der Waals surface area contributed by atoms with Crippen molar-refractivity contribution in [3.8, 4) is 10.4 Å². The van der Waals surface area contributed by atoms with Gasteiger partial charge in [0.15, 0.2) is 0 Å². The molecule has 182 valence electrons. The minimum Gasteiger partial charge on any atom is -0.377 e. The molecule has 0 bridgehead atoms. The van der Waals surface area contributed by atoms with Gasteiger partial charge in [-0.25, -0.2) is 4.39 Å². The molecule has 1 nitrogen and oxygen atoms in total. The lowest BCUT2D eigenvalue weighted by Crippen LogP contribution is -2.33. The molecular weight excluding hydrogens is 439 g/mol. The molecule has 2 aliphatic rings. The van der Waals surface area contributed by atoms with Crippen LogP contribution >= 0.6 is 11.3 Å². The molecular formula is C31H39FOS. The smallest absolute Gasteiger partial charge is 0.132 e. The van der Waals surface area contributed by atoms with E-state index in [-0.39, 0.29) is 5.82 Å². The molecule has 2 aromatic carbocycles. The molecule has 2 atom stereocenters. The third-order valence-electron chi connectivity index (χ3n) is 8.28. The summed E-state index contributed by atoms with van der Waals surface area (Å²) >= 11 is 1.70. The van der Waals surface area contributed by atoms with E-state index in [0.29, 0.717) is 12.0 Å². The van der Waals surface area contributed by atoms with Crippen molar-refractivity contribution in [3.05, 3.63) is 59.4 Å². The van der Waals surface area contributed by atoms with E-state index in [9.17, 15) is 0 Å². The van der Waals surface area contributed by atoms with Crippen molar-refractivity contribution in [2.45, 2.75) is 90.1 Å². The topological polar surface area (TPSA) is 9.23 Å². The second-order valence-corrected chi connectivity index (χ2v) is 11.8. The predicted molar refractivity (Wildman–Crippen MR) is 143 cm³/mol. The van der Waals surface area contributed by atoms with Crippen molar-refractivity contribution in [3.63, 3.8) is 0 Å². The molecule has 1 aliphatic heterocycles. The van der Waals surface area contributed by atoms with Crippen LogP contribution in [0.25, 0.3) is 20.5 Å². The Labute approximate surface area is 208 Å². The monoisotopic (exact) mass is 478 g/mol. The van der Waals surface area contributed by atoms with E-state index in [1.165, 1.54) is 54.2 Å². The third kappa shape index (κ3) is 5.26. The van der Waals surface area contributed by atoms with E-state index in [2.05, 4.69) is 44.2 Å². The van der Waals surface area contributed by atoms with E-state index < -0.39 is 0 Å². The molecule has 34 heavy (non-hydrogen) atoms. The molecule has 1 aliphatic carbocycles. The van der Waals surface area contributed by atoms with Crippen LogP contribution in [-0.4, -0.2) is 12.7 Å². The molecule has 0 amide bonds. The minimum absolute atomic E-state index is 0.103. The van der Waals surface area contributed by atoms with Gasteiger partial charge in [0, 0.05) is 21.1 Å². The molecule has 1 aromatic heterocycles. The standard InChI is InChI=1S/C31H39FOS/c1-3-5-21-7-10-23(11-8-21)29-16-14-26(20-33-29)24-13-15-27(28(32)18-24)31-19-25-12-9-22(6-4-2)17-30(25)34-31/h9,12-13,15,17-19,21,23,26,29H,3-8,10-11,14,16,20H2,1-2H3. The number of aryl methyl sites for hydroxylation is 1. The molecule has 5 rings (SSSR count). The van der Waals surface area contributed by atoms with E-state index in [1.54, 1.807) is 17.4 Å². The van der Waals surface area contributed by atoms with Crippen LogP contribution in [0, 0.1) is 17.7 Å². The van der Waals surface area contributed by atoms with E-state index in [4.69, 9.17) is 4.74 Å². The molecule has 1 saturated carbocycles. The number of hydrogen-bond donors (Lipinski definition) is 0. The van der Waals surface area contributed by atoms with Gasteiger partial charge in [0.05, 0.1) is 12.7 Å². The molecule has 3 heteroatoms. The highest BCUT2D eigenvalue weighted by Crippen LogP contribution is 2.40. The van der Waals surface area contributed by atoms with Gasteiger partial charge in [-0.05, 0) is 78.7 Å². The lowest BCUT2D eigenvalue weighted by atomic mass is 9.75. The van der Waals surface area contributed by atoms with E-state index in [0.717, 1.165) is 60.1 Å². The van der Waals surface area contributed by atoms with Gasteiger partial charge in [-0.3, -0.25) is 0 Å². The number of ether oxygens (including phenoxy) is 1. The molecule has 0 N–H and O–H groups in total. The summed E-state index contributed by atoms with van der Waals surface area (Å²) in [7, 11) is 0. The lowest BCUT2D eigenvalue weighted by Gasteiger charge is -2.38. The van der Waals surface area contributed by atoms with Gasteiger partial charge in [0.2, 0.25) is 0 Å². The Morgan fingerprint density at radius 2 is 1.76 bits per heavy atom. The van der Waals surface area contributed by atoms with Crippen molar-refractivity contribution in [2.75, 3.05) is 6.61 Å².